The van der Waals surface area contributed by atoms with Crippen LogP contribution >= 0.6 is 0 Å². The van der Waals surface area contributed by atoms with Crippen molar-refractivity contribution in [3.05, 3.63) is 58.9 Å². The second-order valence-corrected chi connectivity index (χ2v) is 5.14. The third-order valence-corrected chi connectivity index (χ3v) is 3.80. The molecular formula is C17H15FO3. The van der Waals surface area contributed by atoms with Crippen LogP contribution in [0.4, 0.5) is 4.39 Å². The largest absolute Gasteiger partial charge is 0.497 e. The Morgan fingerprint density at radius 1 is 1.19 bits per heavy atom. The monoisotopic (exact) mass is 286 g/mol. The van der Waals surface area contributed by atoms with Crippen molar-refractivity contribution in [2.45, 2.75) is 19.3 Å². The van der Waals surface area contributed by atoms with E-state index in [0.29, 0.717) is 12.0 Å². The molecule has 108 valence electrons. The van der Waals surface area contributed by atoms with Crippen LogP contribution in [0, 0.1) is 12.7 Å². The number of halogens is 1. The maximum atomic E-state index is 14.0. The summed E-state index contributed by atoms with van der Waals surface area (Å²) in [7, 11) is 1.59. The smallest absolute Gasteiger partial charge is 0.319 e. The predicted molar refractivity (Wildman–Crippen MR) is 76.2 cm³/mol. The molecule has 3 rings (SSSR count). The normalized spacial score (nSPS) is 17.1. The van der Waals surface area contributed by atoms with Crippen LogP contribution in [0.25, 0.3) is 0 Å². The molecule has 0 amide bonds. The number of esters is 1. The number of ether oxygens (including phenoxy) is 2. The van der Waals surface area contributed by atoms with Crippen LogP contribution < -0.4 is 9.47 Å². The van der Waals surface area contributed by atoms with Crippen LogP contribution in [0.1, 0.15) is 22.6 Å². The highest BCUT2D eigenvalue weighted by Crippen LogP contribution is 2.36. The number of hydrogen-bond donors (Lipinski definition) is 0. The maximum absolute atomic E-state index is 14.0. The van der Waals surface area contributed by atoms with E-state index in [4.69, 9.17) is 9.47 Å². The molecule has 1 unspecified atom stereocenters. The first-order valence-electron chi connectivity index (χ1n) is 6.73. The molecule has 0 aromatic heterocycles. The molecule has 0 saturated carbocycles. The van der Waals surface area contributed by atoms with Gasteiger partial charge in [-0.25, -0.2) is 4.39 Å². The van der Waals surface area contributed by atoms with Crippen molar-refractivity contribution < 1.29 is 18.7 Å². The molecule has 0 saturated heterocycles. The molecule has 1 atom stereocenters. The first-order valence-corrected chi connectivity index (χ1v) is 6.73. The molecule has 0 bridgehead atoms. The Balaban J connectivity index is 1.95. The van der Waals surface area contributed by atoms with Gasteiger partial charge in [0.25, 0.3) is 0 Å². The number of fused-ring (bicyclic) bond motifs is 1. The zero-order valence-corrected chi connectivity index (χ0v) is 11.9. The quantitative estimate of drug-likeness (QED) is 0.627. The Morgan fingerprint density at radius 2 is 1.90 bits per heavy atom. The highest BCUT2D eigenvalue weighted by atomic mass is 19.1. The first-order chi connectivity index (χ1) is 10.1. The van der Waals surface area contributed by atoms with Crippen molar-refractivity contribution in [1.82, 2.24) is 0 Å². The Bertz CT molecular complexity index is 692. The number of rotatable bonds is 2. The zero-order valence-electron chi connectivity index (χ0n) is 11.9. The van der Waals surface area contributed by atoms with Gasteiger partial charge in [0.05, 0.1) is 13.0 Å². The molecule has 21 heavy (non-hydrogen) atoms. The minimum absolute atomic E-state index is 0.0739. The van der Waals surface area contributed by atoms with E-state index in [2.05, 4.69) is 0 Å². The molecule has 1 aliphatic heterocycles. The lowest BCUT2D eigenvalue weighted by molar-refractivity contribution is -0.137. The fourth-order valence-electron chi connectivity index (χ4n) is 2.53. The Morgan fingerprint density at radius 3 is 2.57 bits per heavy atom. The number of methoxy groups -OCH3 is 1. The molecule has 2 aromatic carbocycles. The maximum Gasteiger partial charge on any atom is 0.319 e. The van der Waals surface area contributed by atoms with E-state index in [1.165, 1.54) is 0 Å². The van der Waals surface area contributed by atoms with E-state index in [-0.39, 0.29) is 5.75 Å². The van der Waals surface area contributed by atoms with Crippen molar-refractivity contribution in [1.29, 1.82) is 0 Å². The van der Waals surface area contributed by atoms with Gasteiger partial charge in [0, 0.05) is 0 Å². The summed E-state index contributed by atoms with van der Waals surface area (Å²) < 4.78 is 24.3. The van der Waals surface area contributed by atoms with Gasteiger partial charge in [0.1, 0.15) is 5.75 Å². The minimum atomic E-state index is -0.450. The van der Waals surface area contributed by atoms with Crippen molar-refractivity contribution in [3.63, 3.8) is 0 Å². The number of carbonyl (C=O) groups is 1. The number of carbonyl (C=O) groups excluding carboxylic acids is 1. The first kappa shape index (κ1) is 13.6. The summed E-state index contributed by atoms with van der Waals surface area (Å²) in [5, 5.41) is 0. The second kappa shape index (κ2) is 5.20. The molecule has 1 heterocycles. The Kier molecular flexibility index (Phi) is 3.37. The highest BCUT2D eigenvalue weighted by Gasteiger charge is 2.32. The molecule has 0 N–H and O–H groups in total. The van der Waals surface area contributed by atoms with E-state index >= 15 is 0 Å². The van der Waals surface area contributed by atoms with E-state index in [9.17, 15) is 9.18 Å². The van der Waals surface area contributed by atoms with Gasteiger partial charge >= 0.3 is 5.97 Å². The zero-order chi connectivity index (χ0) is 15.0. The van der Waals surface area contributed by atoms with E-state index in [1.807, 2.05) is 18.2 Å². The van der Waals surface area contributed by atoms with Crippen molar-refractivity contribution >= 4 is 5.97 Å². The van der Waals surface area contributed by atoms with E-state index in [0.717, 1.165) is 16.9 Å². The number of aryl methyl sites for hydroxylation is 1. The van der Waals surface area contributed by atoms with Crippen LogP contribution in [0.15, 0.2) is 36.4 Å². The average molecular weight is 286 g/mol. The lowest BCUT2D eigenvalue weighted by Gasteiger charge is -2.24. The summed E-state index contributed by atoms with van der Waals surface area (Å²) in [5.41, 5.74) is 2.04. The van der Waals surface area contributed by atoms with Gasteiger partial charge in [-0.2, -0.15) is 0 Å². The van der Waals surface area contributed by atoms with Crippen LogP contribution in [0.5, 0.6) is 11.5 Å². The lowest BCUT2D eigenvalue weighted by Crippen LogP contribution is -2.26. The number of benzene rings is 2. The molecule has 2 aromatic rings. The molecule has 3 nitrogen and oxygen atoms in total. The van der Waals surface area contributed by atoms with Gasteiger partial charge < -0.3 is 9.47 Å². The van der Waals surface area contributed by atoms with Gasteiger partial charge in [-0.1, -0.05) is 24.3 Å². The van der Waals surface area contributed by atoms with Crippen LogP contribution in [-0.4, -0.2) is 13.1 Å². The highest BCUT2D eigenvalue weighted by molar-refractivity contribution is 5.83. The van der Waals surface area contributed by atoms with Crippen molar-refractivity contribution in [2.24, 2.45) is 0 Å². The lowest BCUT2D eigenvalue weighted by atomic mass is 9.89. The summed E-state index contributed by atoms with van der Waals surface area (Å²) in [5.74, 6) is -0.480. The number of hydrogen-bond acceptors (Lipinski definition) is 3. The Labute approximate surface area is 122 Å². The molecule has 1 aliphatic rings. The summed E-state index contributed by atoms with van der Waals surface area (Å²) in [6.45, 7) is 1.65. The van der Waals surface area contributed by atoms with Crippen LogP contribution in [0.3, 0.4) is 0 Å². The van der Waals surface area contributed by atoms with Crippen LogP contribution in [0.2, 0.25) is 0 Å². The minimum Gasteiger partial charge on any atom is -0.497 e. The van der Waals surface area contributed by atoms with Gasteiger partial charge in [-0.15, -0.1) is 0 Å². The molecular weight excluding hydrogens is 271 g/mol. The average Bonchev–Trinajstić information content (AvgIpc) is 2.51. The third kappa shape index (κ3) is 2.37. The van der Waals surface area contributed by atoms with E-state index < -0.39 is 17.7 Å². The molecule has 0 aliphatic carbocycles. The van der Waals surface area contributed by atoms with E-state index in [1.54, 1.807) is 32.2 Å². The SMILES string of the molecule is COc1ccc(C2Cc3ccc(C)c(F)c3OC2=O)cc1. The van der Waals surface area contributed by atoms with Gasteiger partial charge in [-0.05, 0) is 42.2 Å². The molecule has 0 radical (unpaired) electrons. The van der Waals surface area contributed by atoms with Gasteiger partial charge in [-0.3, -0.25) is 4.79 Å². The molecule has 4 heteroatoms. The Hall–Kier alpha value is -2.36. The topological polar surface area (TPSA) is 35.5 Å². The summed E-state index contributed by atoms with van der Waals surface area (Å²) >= 11 is 0. The fourth-order valence-corrected chi connectivity index (χ4v) is 2.53. The summed E-state index contributed by atoms with van der Waals surface area (Å²) in [6, 6.07) is 10.8. The second-order valence-electron chi connectivity index (χ2n) is 5.14. The third-order valence-electron chi connectivity index (χ3n) is 3.80. The fraction of sp³-hybridized carbons (Fsp3) is 0.235. The van der Waals surface area contributed by atoms with Crippen molar-refractivity contribution in [2.75, 3.05) is 7.11 Å². The molecule has 0 fully saturated rings. The predicted octanol–water partition coefficient (Wildman–Crippen LogP) is 3.39. The van der Waals surface area contributed by atoms with Crippen molar-refractivity contribution in [3.8, 4) is 11.5 Å². The van der Waals surface area contributed by atoms with Gasteiger partial charge in [0.15, 0.2) is 11.6 Å². The molecule has 0 spiro atoms. The summed E-state index contributed by atoms with van der Waals surface area (Å²) in [4.78, 5) is 12.2. The standard InChI is InChI=1S/C17H15FO3/c1-10-3-4-12-9-14(17(19)21-16(12)15(10)18)11-5-7-13(20-2)8-6-11/h3-8,14H,9H2,1-2H3. The van der Waals surface area contributed by atoms with Gasteiger partial charge in [0.2, 0.25) is 0 Å². The van der Waals surface area contributed by atoms with Crippen LogP contribution in [-0.2, 0) is 11.2 Å². The summed E-state index contributed by atoms with van der Waals surface area (Å²) in [6.07, 6.45) is 0.442.